The number of benzene rings is 1. The molecular formula is C17H18BrN5O. The summed E-state index contributed by atoms with van der Waals surface area (Å²) < 4.78 is 2.64. The van der Waals surface area contributed by atoms with Crippen molar-refractivity contribution in [3.05, 3.63) is 45.6 Å². The van der Waals surface area contributed by atoms with E-state index in [0.717, 1.165) is 27.7 Å². The summed E-state index contributed by atoms with van der Waals surface area (Å²) in [4.78, 5) is 17.2. The molecule has 4 rings (SSSR count). The maximum absolute atomic E-state index is 12.9. The number of allylic oxidation sites excluding steroid dienone is 2. The van der Waals surface area contributed by atoms with E-state index < -0.39 is 0 Å². The number of ketones is 1. The van der Waals surface area contributed by atoms with Crippen molar-refractivity contribution in [1.82, 2.24) is 14.8 Å². The van der Waals surface area contributed by atoms with E-state index >= 15 is 0 Å². The van der Waals surface area contributed by atoms with Crippen LogP contribution in [0.3, 0.4) is 0 Å². The second-order valence-corrected chi connectivity index (χ2v) is 7.97. The molecule has 0 radical (unpaired) electrons. The fraction of sp³-hybridized carbons (Fsp3) is 0.353. The maximum atomic E-state index is 12.9. The van der Waals surface area contributed by atoms with Crippen LogP contribution in [0.1, 0.15) is 38.3 Å². The normalized spacial score (nSPS) is 22.0. The third-order valence-corrected chi connectivity index (χ3v) is 5.27. The van der Waals surface area contributed by atoms with Crippen molar-refractivity contribution in [1.29, 1.82) is 0 Å². The topological polar surface area (TPSA) is 85.8 Å². The number of Topliss-reactive ketones (excluding diaryl/α,β-unsaturated/α-hetero) is 1. The Morgan fingerprint density at radius 3 is 2.83 bits per heavy atom. The van der Waals surface area contributed by atoms with Crippen LogP contribution in [0.4, 0.5) is 11.9 Å². The Labute approximate surface area is 148 Å². The molecule has 0 spiro atoms. The summed E-state index contributed by atoms with van der Waals surface area (Å²) in [5, 5.41) is 7.60. The number of anilines is 2. The van der Waals surface area contributed by atoms with Gasteiger partial charge in [-0.2, -0.15) is 4.98 Å². The van der Waals surface area contributed by atoms with Crippen molar-refractivity contribution in [3.63, 3.8) is 0 Å². The van der Waals surface area contributed by atoms with Crippen LogP contribution in [0.5, 0.6) is 0 Å². The zero-order chi connectivity index (χ0) is 17.1. The van der Waals surface area contributed by atoms with Crippen molar-refractivity contribution in [2.24, 2.45) is 5.41 Å². The van der Waals surface area contributed by atoms with Crippen LogP contribution < -0.4 is 11.1 Å². The molecule has 1 aliphatic carbocycles. The Morgan fingerprint density at radius 1 is 1.33 bits per heavy atom. The van der Waals surface area contributed by atoms with Gasteiger partial charge in [0.2, 0.25) is 11.9 Å². The monoisotopic (exact) mass is 387 g/mol. The smallest absolute Gasteiger partial charge is 0.241 e. The van der Waals surface area contributed by atoms with Crippen LogP contribution in [-0.2, 0) is 4.79 Å². The van der Waals surface area contributed by atoms with Crippen LogP contribution >= 0.6 is 15.9 Å². The first-order valence-electron chi connectivity index (χ1n) is 7.85. The van der Waals surface area contributed by atoms with Crippen molar-refractivity contribution in [2.75, 3.05) is 11.1 Å². The summed E-state index contributed by atoms with van der Waals surface area (Å²) in [5.74, 6) is 0.924. The molecule has 2 aliphatic rings. The van der Waals surface area contributed by atoms with Gasteiger partial charge in [-0.15, -0.1) is 5.10 Å². The standard InChI is InChI=1S/C17H18BrN5O/c1-17(2)7-11-13(12(24)8-17)14(9-5-3-4-6-10(9)18)23-16(20-11)21-15(19)22-23/h3-6,14H,7-8H2,1-2H3,(H3,19,20,21,22). The number of nitrogens with two attached hydrogens (primary N) is 1. The van der Waals surface area contributed by atoms with Crippen LogP contribution in [0.2, 0.25) is 0 Å². The number of nitrogens with zero attached hydrogens (tertiary/aromatic N) is 3. The van der Waals surface area contributed by atoms with Crippen molar-refractivity contribution in [3.8, 4) is 0 Å². The molecule has 124 valence electrons. The highest BCUT2D eigenvalue weighted by atomic mass is 79.9. The zero-order valence-electron chi connectivity index (χ0n) is 13.5. The summed E-state index contributed by atoms with van der Waals surface area (Å²) in [6.45, 7) is 4.22. The lowest BCUT2D eigenvalue weighted by atomic mass is 9.73. The molecule has 7 heteroatoms. The number of carbonyl (C=O) groups is 1. The second kappa shape index (κ2) is 5.17. The average molecular weight is 388 g/mol. The largest absolute Gasteiger partial charge is 0.366 e. The van der Waals surface area contributed by atoms with Crippen LogP contribution in [0.15, 0.2) is 40.0 Å². The molecule has 1 aromatic carbocycles. The molecule has 1 aromatic heterocycles. The summed E-state index contributed by atoms with van der Waals surface area (Å²) in [6, 6.07) is 7.56. The van der Waals surface area contributed by atoms with Gasteiger partial charge in [-0.05, 0) is 23.5 Å². The van der Waals surface area contributed by atoms with Gasteiger partial charge in [-0.3, -0.25) is 4.79 Å². The highest BCUT2D eigenvalue weighted by Gasteiger charge is 2.42. The third kappa shape index (κ3) is 2.34. The predicted octanol–water partition coefficient (Wildman–Crippen LogP) is 3.28. The van der Waals surface area contributed by atoms with Crippen molar-refractivity contribution >= 4 is 33.6 Å². The quantitative estimate of drug-likeness (QED) is 0.783. The molecule has 6 nitrogen and oxygen atoms in total. The molecule has 1 atom stereocenters. The van der Waals surface area contributed by atoms with Gasteiger partial charge in [0.15, 0.2) is 5.78 Å². The van der Waals surface area contributed by atoms with Crippen molar-refractivity contribution in [2.45, 2.75) is 32.7 Å². The van der Waals surface area contributed by atoms with Crippen molar-refractivity contribution < 1.29 is 4.79 Å². The minimum absolute atomic E-state index is 0.0743. The molecule has 1 unspecified atom stereocenters. The van der Waals surface area contributed by atoms with Crippen LogP contribution in [0, 0.1) is 5.41 Å². The number of rotatable bonds is 1. The van der Waals surface area contributed by atoms with Gasteiger partial charge < -0.3 is 11.1 Å². The SMILES string of the molecule is CC1(C)CC(=O)C2=C(C1)Nc1nc(N)nn1C2c1ccccc1Br. The van der Waals surface area contributed by atoms with Crippen LogP contribution in [0.25, 0.3) is 0 Å². The fourth-order valence-electron chi connectivity index (χ4n) is 3.61. The zero-order valence-corrected chi connectivity index (χ0v) is 15.1. The Kier molecular flexibility index (Phi) is 3.32. The first-order chi connectivity index (χ1) is 11.4. The number of nitrogens with one attached hydrogen (secondary N) is 1. The number of halogens is 1. The lowest BCUT2D eigenvalue weighted by Crippen LogP contribution is -2.36. The summed E-state index contributed by atoms with van der Waals surface area (Å²) >= 11 is 3.60. The molecule has 2 aromatic rings. The van der Waals surface area contributed by atoms with Gasteiger partial charge in [0.1, 0.15) is 6.04 Å². The fourth-order valence-corrected chi connectivity index (χ4v) is 4.11. The number of fused-ring (bicyclic) bond motifs is 1. The Balaban J connectivity index is 1.95. The number of nitrogen functional groups attached to an aromatic ring is 1. The Hall–Kier alpha value is -2.15. The van der Waals surface area contributed by atoms with Gasteiger partial charge in [0.05, 0.1) is 0 Å². The van der Waals surface area contributed by atoms with E-state index in [1.807, 2.05) is 24.3 Å². The van der Waals surface area contributed by atoms with Gasteiger partial charge in [0.25, 0.3) is 0 Å². The summed E-state index contributed by atoms with van der Waals surface area (Å²) in [5.41, 5.74) is 8.41. The van der Waals surface area contributed by atoms with E-state index in [4.69, 9.17) is 5.73 Å². The molecule has 1 aliphatic heterocycles. The van der Waals surface area contributed by atoms with E-state index in [2.05, 4.69) is 45.2 Å². The van der Waals surface area contributed by atoms with E-state index in [0.29, 0.717) is 12.4 Å². The highest BCUT2D eigenvalue weighted by Crippen LogP contribution is 2.46. The molecule has 3 N–H and O–H groups in total. The maximum Gasteiger partial charge on any atom is 0.241 e. The molecule has 24 heavy (non-hydrogen) atoms. The summed E-state index contributed by atoms with van der Waals surface area (Å²) in [6.07, 6.45) is 1.32. The first-order valence-corrected chi connectivity index (χ1v) is 8.65. The van der Waals surface area contributed by atoms with Gasteiger partial charge in [0, 0.05) is 22.2 Å². The molecule has 2 heterocycles. The lowest BCUT2D eigenvalue weighted by molar-refractivity contribution is -0.118. The van der Waals surface area contributed by atoms with E-state index in [1.165, 1.54) is 0 Å². The highest BCUT2D eigenvalue weighted by molar-refractivity contribution is 9.10. The molecule has 0 saturated heterocycles. The molecule has 0 saturated carbocycles. The third-order valence-electron chi connectivity index (χ3n) is 4.55. The van der Waals surface area contributed by atoms with E-state index in [9.17, 15) is 4.79 Å². The van der Waals surface area contributed by atoms with Gasteiger partial charge >= 0.3 is 0 Å². The lowest BCUT2D eigenvalue weighted by Gasteiger charge is -2.38. The Morgan fingerprint density at radius 2 is 2.08 bits per heavy atom. The second-order valence-electron chi connectivity index (χ2n) is 7.12. The van der Waals surface area contributed by atoms with E-state index in [1.54, 1.807) is 4.68 Å². The first kappa shape index (κ1) is 15.4. The molecule has 0 bridgehead atoms. The van der Waals surface area contributed by atoms with E-state index in [-0.39, 0.29) is 23.2 Å². The molecular weight excluding hydrogens is 370 g/mol. The van der Waals surface area contributed by atoms with Gasteiger partial charge in [-0.25, -0.2) is 4.68 Å². The summed E-state index contributed by atoms with van der Waals surface area (Å²) in [7, 11) is 0. The molecule has 0 fully saturated rings. The number of aromatic nitrogens is 3. The molecule has 0 amide bonds. The van der Waals surface area contributed by atoms with Crippen LogP contribution in [-0.4, -0.2) is 20.5 Å². The Bertz CT molecular complexity index is 883. The number of hydrogen-bond donors (Lipinski definition) is 2. The minimum atomic E-state index is -0.319. The minimum Gasteiger partial charge on any atom is -0.366 e. The predicted molar refractivity (Wildman–Crippen MR) is 95.4 cm³/mol. The number of hydrogen-bond acceptors (Lipinski definition) is 5. The number of carbonyl (C=O) groups excluding carboxylic acids is 1. The average Bonchev–Trinajstić information content (AvgIpc) is 2.84. The van der Waals surface area contributed by atoms with Gasteiger partial charge in [-0.1, -0.05) is 48.0 Å².